The highest BCUT2D eigenvalue weighted by Gasteiger charge is 2.34. The Morgan fingerprint density at radius 2 is 1.73 bits per heavy atom. The van der Waals surface area contributed by atoms with Crippen molar-refractivity contribution in [2.24, 2.45) is 12.8 Å². The van der Waals surface area contributed by atoms with Crippen LogP contribution in [0.4, 0.5) is 0 Å². The van der Waals surface area contributed by atoms with E-state index >= 15 is 0 Å². The molecular formula is C27H22ClN3O2. The minimum absolute atomic E-state index is 0.0994. The Kier molecular flexibility index (Phi) is 4.47. The normalized spacial score (nSPS) is 15.1. The molecule has 2 aromatic heterocycles. The minimum Gasteiger partial charge on any atom is -0.453 e. The fourth-order valence-electron chi connectivity index (χ4n) is 4.75. The summed E-state index contributed by atoms with van der Waals surface area (Å²) < 4.78 is 8.24. The van der Waals surface area contributed by atoms with Crippen LogP contribution in [0.15, 0.2) is 75.9 Å². The molecule has 164 valence electrons. The minimum atomic E-state index is -0.251. The maximum atomic E-state index is 13.9. The van der Waals surface area contributed by atoms with Gasteiger partial charge in [0.05, 0.1) is 16.5 Å². The summed E-state index contributed by atoms with van der Waals surface area (Å²) in [7, 11) is 1.84. The monoisotopic (exact) mass is 455 g/mol. The van der Waals surface area contributed by atoms with Crippen molar-refractivity contribution in [3.8, 4) is 22.5 Å². The lowest BCUT2D eigenvalue weighted by atomic mass is 9.72. The third-order valence-electron chi connectivity index (χ3n) is 6.89. The summed E-state index contributed by atoms with van der Waals surface area (Å²) in [4.78, 5) is 18.3. The molecule has 1 saturated carbocycles. The lowest BCUT2D eigenvalue weighted by molar-refractivity contribution is 0.253. The van der Waals surface area contributed by atoms with E-state index in [1.54, 1.807) is 10.6 Å². The van der Waals surface area contributed by atoms with Crippen LogP contribution in [0.3, 0.4) is 0 Å². The molecule has 33 heavy (non-hydrogen) atoms. The van der Waals surface area contributed by atoms with Crippen molar-refractivity contribution < 1.29 is 4.42 Å². The number of hydrogen-bond acceptors (Lipinski definition) is 4. The standard InChI is InChI=1S/C27H22ClN3O2/c1-31-20-13-12-19-23(32)21(16-8-10-18(11-9-16)27(29)14-5-15-27)24(17-6-3-2-4-7-17)33-25(19)22(20)30-26(31)28/h2-4,6-13H,5,14-15,29H2,1H3. The number of nitrogens with two attached hydrogens (primary N) is 1. The average Bonchev–Trinajstić information content (AvgIpc) is 3.12. The molecule has 0 saturated heterocycles. The first-order valence-electron chi connectivity index (χ1n) is 11.0. The summed E-state index contributed by atoms with van der Waals surface area (Å²) in [6.45, 7) is 0. The summed E-state index contributed by atoms with van der Waals surface area (Å²) in [5.41, 5.74) is 11.2. The van der Waals surface area contributed by atoms with Crippen molar-refractivity contribution >= 4 is 33.6 Å². The van der Waals surface area contributed by atoms with Gasteiger partial charge in [0, 0.05) is 18.2 Å². The fourth-order valence-corrected chi connectivity index (χ4v) is 4.92. The van der Waals surface area contributed by atoms with Crippen LogP contribution in [0.5, 0.6) is 0 Å². The molecule has 1 aliphatic rings. The summed E-state index contributed by atoms with van der Waals surface area (Å²) in [5.74, 6) is 0.515. The van der Waals surface area contributed by atoms with Crippen molar-refractivity contribution in [1.29, 1.82) is 0 Å². The quantitative estimate of drug-likeness (QED) is 0.361. The number of aromatic nitrogens is 2. The van der Waals surface area contributed by atoms with E-state index in [0.29, 0.717) is 33.1 Å². The van der Waals surface area contributed by atoms with E-state index < -0.39 is 0 Å². The van der Waals surface area contributed by atoms with Gasteiger partial charge in [0.25, 0.3) is 0 Å². The van der Waals surface area contributed by atoms with E-state index in [0.717, 1.165) is 41.5 Å². The van der Waals surface area contributed by atoms with Gasteiger partial charge in [-0.25, -0.2) is 4.98 Å². The Balaban J connectivity index is 1.64. The highest BCUT2D eigenvalue weighted by molar-refractivity contribution is 6.29. The van der Waals surface area contributed by atoms with E-state index in [9.17, 15) is 4.79 Å². The van der Waals surface area contributed by atoms with Gasteiger partial charge in [0.15, 0.2) is 5.58 Å². The van der Waals surface area contributed by atoms with Crippen molar-refractivity contribution in [2.75, 3.05) is 0 Å². The predicted molar refractivity (Wildman–Crippen MR) is 132 cm³/mol. The highest BCUT2D eigenvalue weighted by atomic mass is 35.5. The molecule has 1 aliphatic carbocycles. The van der Waals surface area contributed by atoms with Crippen LogP contribution in [0.25, 0.3) is 44.5 Å². The van der Waals surface area contributed by atoms with Gasteiger partial charge in [-0.15, -0.1) is 0 Å². The summed E-state index contributed by atoms with van der Waals surface area (Å²) in [6.07, 6.45) is 3.13. The van der Waals surface area contributed by atoms with Gasteiger partial charge in [0.1, 0.15) is 11.3 Å². The zero-order chi connectivity index (χ0) is 22.7. The number of imidazole rings is 1. The van der Waals surface area contributed by atoms with Gasteiger partial charge in [-0.3, -0.25) is 4.79 Å². The zero-order valence-corrected chi connectivity index (χ0v) is 18.9. The number of aryl methyl sites for hydroxylation is 1. The van der Waals surface area contributed by atoms with Crippen molar-refractivity contribution in [1.82, 2.24) is 9.55 Å². The predicted octanol–water partition coefficient (Wildman–Crippen LogP) is 6.01. The number of halogens is 1. The fraction of sp³-hybridized carbons (Fsp3) is 0.185. The molecular weight excluding hydrogens is 434 g/mol. The Morgan fingerprint density at radius 1 is 1.00 bits per heavy atom. The van der Waals surface area contributed by atoms with E-state index in [2.05, 4.69) is 4.98 Å². The molecule has 0 amide bonds. The van der Waals surface area contributed by atoms with Crippen molar-refractivity contribution in [2.45, 2.75) is 24.8 Å². The zero-order valence-electron chi connectivity index (χ0n) is 18.1. The number of benzene rings is 3. The van der Waals surface area contributed by atoms with E-state index in [-0.39, 0.29) is 11.0 Å². The van der Waals surface area contributed by atoms with Crippen LogP contribution < -0.4 is 11.2 Å². The van der Waals surface area contributed by atoms with Crippen molar-refractivity contribution in [3.63, 3.8) is 0 Å². The molecule has 1 fully saturated rings. The molecule has 0 bridgehead atoms. The lowest BCUT2D eigenvalue weighted by Gasteiger charge is -2.38. The van der Waals surface area contributed by atoms with Crippen LogP contribution in [0.1, 0.15) is 24.8 Å². The van der Waals surface area contributed by atoms with E-state index in [4.69, 9.17) is 21.8 Å². The van der Waals surface area contributed by atoms with Gasteiger partial charge in [-0.1, -0.05) is 54.6 Å². The van der Waals surface area contributed by atoms with Gasteiger partial charge < -0.3 is 14.7 Å². The first kappa shape index (κ1) is 20.2. The first-order chi connectivity index (χ1) is 16.0. The van der Waals surface area contributed by atoms with Crippen molar-refractivity contribution in [3.05, 3.63) is 87.8 Å². The van der Waals surface area contributed by atoms with E-state index in [1.165, 1.54) is 0 Å². The molecule has 2 N–H and O–H groups in total. The Labute approximate surface area is 195 Å². The van der Waals surface area contributed by atoms with Gasteiger partial charge in [-0.05, 0) is 54.1 Å². The first-order valence-corrected chi connectivity index (χ1v) is 11.4. The summed E-state index contributed by atoms with van der Waals surface area (Å²) in [6, 6.07) is 21.4. The summed E-state index contributed by atoms with van der Waals surface area (Å²) >= 11 is 6.27. The molecule has 0 aliphatic heterocycles. The lowest BCUT2D eigenvalue weighted by Crippen LogP contribution is -2.43. The molecule has 5 aromatic rings. The SMILES string of the molecule is Cn1c(Cl)nc2c3oc(-c4ccccc4)c(-c4ccc(C5(N)CCC5)cc4)c(=O)c3ccc21. The molecule has 6 rings (SSSR count). The Bertz CT molecular complexity index is 1580. The molecule has 6 heteroatoms. The molecule has 0 unspecified atom stereocenters. The van der Waals surface area contributed by atoms with Crippen LogP contribution in [0, 0.1) is 0 Å². The topological polar surface area (TPSA) is 74.1 Å². The molecule has 0 radical (unpaired) electrons. The number of rotatable bonds is 3. The molecule has 3 aromatic carbocycles. The molecule has 2 heterocycles. The van der Waals surface area contributed by atoms with Crippen LogP contribution in [-0.2, 0) is 12.6 Å². The van der Waals surface area contributed by atoms with Gasteiger partial charge in [0.2, 0.25) is 10.7 Å². The summed E-state index contributed by atoms with van der Waals surface area (Å²) in [5, 5.41) is 0.818. The maximum Gasteiger partial charge on any atom is 0.203 e. The van der Waals surface area contributed by atoms with Gasteiger partial charge in [-0.2, -0.15) is 0 Å². The number of hydrogen-bond donors (Lipinski definition) is 1. The number of nitrogens with zero attached hydrogens (tertiary/aromatic N) is 2. The van der Waals surface area contributed by atoms with E-state index in [1.807, 2.05) is 67.7 Å². The Hall–Kier alpha value is -3.41. The Morgan fingerprint density at radius 3 is 2.39 bits per heavy atom. The molecule has 0 atom stereocenters. The van der Waals surface area contributed by atoms with Crippen LogP contribution in [0.2, 0.25) is 5.28 Å². The second kappa shape index (κ2) is 7.30. The van der Waals surface area contributed by atoms with Crippen LogP contribution in [-0.4, -0.2) is 9.55 Å². The molecule has 0 spiro atoms. The number of fused-ring (bicyclic) bond motifs is 3. The largest absolute Gasteiger partial charge is 0.453 e. The average molecular weight is 456 g/mol. The maximum absolute atomic E-state index is 13.9. The second-order valence-corrected chi connectivity index (χ2v) is 9.18. The molecule has 5 nitrogen and oxygen atoms in total. The third kappa shape index (κ3) is 3.04. The smallest absolute Gasteiger partial charge is 0.203 e. The third-order valence-corrected chi connectivity index (χ3v) is 7.22. The van der Waals surface area contributed by atoms with Crippen LogP contribution >= 0.6 is 11.6 Å². The second-order valence-electron chi connectivity index (χ2n) is 8.84. The van der Waals surface area contributed by atoms with Gasteiger partial charge >= 0.3 is 0 Å². The highest BCUT2D eigenvalue weighted by Crippen LogP contribution is 2.40.